The predicted octanol–water partition coefficient (Wildman–Crippen LogP) is 1.34. The fraction of sp³-hybridized carbons (Fsp3) is 0.552. The summed E-state index contributed by atoms with van der Waals surface area (Å²) in [6.07, 6.45) is 8.73. The van der Waals surface area contributed by atoms with Crippen LogP contribution in [0.15, 0.2) is 48.6 Å². The SMILES string of the molecule is CCCN1CC=C[C@@]2(C)O[C@]34C=CCN(Cn5nnc6ccccc65)C(=O)C3N([C@@H](CC)CO)C(=O)[C@@H]4[C@H]2C1=O. The number of fused-ring (bicyclic) bond motifs is 3. The van der Waals surface area contributed by atoms with Crippen molar-refractivity contribution in [2.75, 3.05) is 26.2 Å². The van der Waals surface area contributed by atoms with Crippen molar-refractivity contribution >= 4 is 28.8 Å². The largest absolute Gasteiger partial charge is 0.394 e. The molecule has 0 saturated carbocycles. The second-order valence-corrected chi connectivity index (χ2v) is 11.4. The normalized spacial score (nSPS) is 32.4. The number of para-hydroxylation sites is 1. The van der Waals surface area contributed by atoms with Crippen LogP contribution in [0.1, 0.15) is 33.6 Å². The molecule has 40 heavy (non-hydrogen) atoms. The molecule has 2 saturated heterocycles. The van der Waals surface area contributed by atoms with Gasteiger partial charge in [-0.1, -0.05) is 55.5 Å². The Kier molecular flexibility index (Phi) is 6.53. The summed E-state index contributed by atoms with van der Waals surface area (Å²) in [7, 11) is 0. The van der Waals surface area contributed by atoms with Crippen molar-refractivity contribution in [2.45, 2.75) is 63.6 Å². The number of carbonyl (C=O) groups is 3. The van der Waals surface area contributed by atoms with E-state index in [1.165, 1.54) is 4.90 Å². The van der Waals surface area contributed by atoms with E-state index in [1.54, 1.807) is 14.5 Å². The van der Waals surface area contributed by atoms with Crippen molar-refractivity contribution in [2.24, 2.45) is 11.8 Å². The molecule has 2 aromatic rings. The third kappa shape index (κ3) is 3.74. The third-order valence-corrected chi connectivity index (χ3v) is 8.96. The first-order valence-corrected chi connectivity index (χ1v) is 14.1. The molecule has 0 bridgehead atoms. The minimum atomic E-state index is -1.36. The highest BCUT2D eigenvalue weighted by molar-refractivity contribution is 6.00. The van der Waals surface area contributed by atoms with Gasteiger partial charge in [-0.25, -0.2) is 4.68 Å². The Morgan fingerprint density at radius 1 is 1.02 bits per heavy atom. The summed E-state index contributed by atoms with van der Waals surface area (Å²) in [6.45, 7) is 6.84. The molecule has 6 atom stereocenters. The molecule has 1 N–H and O–H groups in total. The summed E-state index contributed by atoms with van der Waals surface area (Å²) in [4.78, 5) is 47.8. The lowest BCUT2D eigenvalue weighted by molar-refractivity contribution is -0.156. The molecule has 6 rings (SSSR count). The van der Waals surface area contributed by atoms with Gasteiger partial charge in [0.15, 0.2) is 0 Å². The first kappa shape index (κ1) is 26.6. The lowest BCUT2D eigenvalue weighted by atomic mass is 9.74. The van der Waals surface area contributed by atoms with Crippen molar-refractivity contribution in [1.82, 2.24) is 29.7 Å². The van der Waals surface area contributed by atoms with Crippen molar-refractivity contribution in [3.05, 3.63) is 48.6 Å². The number of ether oxygens (including phenoxy) is 1. The number of benzene rings is 1. The Labute approximate surface area is 233 Å². The van der Waals surface area contributed by atoms with Crippen molar-refractivity contribution < 1.29 is 24.2 Å². The zero-order valence-corrected chi connectivity index (χ0v) is 23.1. The smallest absolute Gasteiger partial charge is 0.250 e. The van der Waals surface area contributed by atoms with E-state index < -0.39 is 35.1 Å². The van der Waals surface area contributed by atoms with Gasteiger partial charge in [0.2, 0.25) is 11.8 Å². The number of aliphatic hydroxyl groups excluding tert-OH is 1. The maximum atomic E-state index is 14.5. The van der Waals surface area contributed by atoms with Gasteiger partial charge in [-0.05, 0) is 31.9 Å². The van der Waals surface area contributed by atoms with Gasteiger partial charge in [0, 0.05) is 19.6 Å². The standard InChI is InChI=1S/C29H36N6O5/c1-4-14-32-15-8-12-28(3)22(25(32)37)23-26(38)35(19(5-2)17-36)24-27(39)33(16-9-13-29(23,24)40-28)18-34-21-11-7-6-10-20(21)30-31-34/h6-13,19,22-24,36H,4-5,14-18H2,1-3H3/t19-,22-,23-,24?,28+,29-/m0/s1. The molecule has 1 spiro atoms. The Bertz CT molecular complexity index is 1400. The molecular formula is C29H36N6O5. The number of aliphatic hydroxyl groups is 1. The van der Waals surface area contributed by atoms with Gasteiger partial charge < -0.3 is 24.5 Å². The van der Waals surface area contributed by atoms with Crippen LogP contribution in [0, 0.1) is 11.8 Å². The molecular weight excluding hydrogens is 512 g/mol. The lowest BCUT2D eigenvalue weighted by Gasteiger charge is -2.39. The van der Waals surface area contributed by atoms with E-state index in [2.05, 4.69) is 10.3 Å². The topological polar surface area (TPSA) is 121 Å². The maximum Gasteiger partial charge on any atom is 0.250 e. The summed E-state index contributed by atoms with van der Waals surface area (Å²) < 4.78 is 8.51. The van der Waals surface area contributed by atoms with Gasteiger partial charge in [0.1, 0.15) is 23.8 Å². The van der Waals surface area contributed by atoms with Gasteiger partial charge >= 0.3 is 0 Å². The lowest BCUT2D eigenvalue weighted by Crippen LogP contribution is -2.58. The van der Waals surface area contributed by atoms with E-state index in [9.17, 15) is 19.5 Å². The number of aromatic nitrogens is 3. The number of carbonyl (C=O) groups excluding carboxylic acids is 3. The first-order valence-electron chi connectivity index (χ1n) is 14.1. The molecule has 1 unspecified atom stereocenters. The van der Waals surface area contributed by atoms with Crippen molar-refractivity contribution in [1.29, 1.82) is 0 Å². The molecule has 2 fully saturated rings. The van der Waals surface area contributed by atoms with Gasteiger partial charge in [0.05, 0.1) is 35.6 Å². The molecule has 3 amide bonds. The minimum absolute atomic E-state index is 0.128. The summed E-state index contributed by atoms with van der Waals surface area (Å²) >= 11 is 0. The van der Waals surface area contributed by atoms with Crippen molar-refractivity contribution in [3.8, 4) is 0 Å². The van der Waals surface area contributed by atoms with Crippen LogP contribution in [0.4, 0.5) is 0 Å². The Morgan fingerprint density at radius 2 is 1.77 bits per heavy atom. The molecule has 212 valence electrons. The highest BCUT2D eigenvalue weighted by Crippen LogP contribution is 2.58. The number of likely N-dealkylation sites (tertiary alicyclic amines) is 1. The van der Waals surface area contributed by atoms with Crippen LogP contribution in [0.3, 0.4) is 0 Å². The van der Waals surface area contributed by atoms with Gasteiger partial charge in [-0.3, -0.25) is 14.4 Å². The number of nitrogens with zero attached hydrogens (tertiary/aromatic N) is 6. The molecule has 1 aromatic heterocycles. The average molecular weight is 549 g/mol. The fourth-order valence-corrected chi connectivity index (χ4v) is 7.15. The highest BCUT2D eigenvalue weighted by atomic mass is 16.5. The summed E-state index contributed by atoms with van der Waals surface area (Å²) in [5.41, 5.74) is -0.914. The molecule has 1 aromatic carbocycles. The number of rotatable bonds is 7. The minimum Gasteiger partial charge on any atom is -0.394 e. The van der Waals surface area contributed by atoms with Gasteiger partial charge in [-0.15, -0.1) is 5.10 Å². The average Bonchev–Trinajstić information content (AvgIpc) is 3.48. The second kappa shape index (κ2) is 9.81. The quantitative estimate of drug-likeness (QED) is 0.519. The van der Waals surface area contributed by atoms with E-state index in [-0.39, 0.29) is 37.5 Å². The van der Waals surface area contributed by atoms with E-state index in [0.717, 1.165) is 17.5 Å². The predicted molar refractivity (Wildman–Crippen MR) is 145 cm³/mol. The zero-order chi connectivity index (χ0) is 28.2. The Balaban J connectivity index is 1.44. The Hall–Kier alpha value is -3.57. The van der Waals surface area contributed by atoms with E-state index in [4.69, 9.17) is 4.74 Å². The second-order valence-electron chi connectivity index (χ2n) is 11.4. The van der Waals surface area contributed by atoms with Crippen LogP contribution in [-0.2, 0) is 25.8 Å². The van der Waals surface area contributed by atoms with Crippen LogP contribution in [0.25, 0.3) is 11.0 Å². The third-order valence-electron chi connectivity index (χ3n) is 8.96. The van der Waals surface area contributed by atoms with Crippen LogP contribution >= 0.6 is 0 Å². The monoisotopic (exact) mass is 548 g/mol. The molecule has 5 heterocycles. The summed E-state index contributed by atoms with van der Waals surface area (Å²) in [6, 6.07) is 5.88. The van der Waals surface area contributed by atoms with Crippen LogP contribution < -0.4 is 0 Å². The van der Waals surface area contributed by atoms with Crippen LogP contribution in [0.2, 0.25) is 0 Å². The molecule has 11 heteroatoms. The van der Waals surface area contributed by atoms with E-state index >= 15 is 0 Å². The molecule has 0 radical (unpaired) electrons. The van der Waals surface area contributed by atoms with Gasteiger partial charge in [0.25, 0.3) is 5.91 Å². The molecule has 4 aliphatic heterocycles. The summed E-state index contributed by atoms with van der Waals surface area (Å²) in [5, 5.41) is 18.8. The van der Waals surface area contributed by atoms with Gasteiger partial charge in [-0.2, -0.15) is 0 Å². The Morgan fingerprint density at radius 3 is 2.52 bits per heavy atom. The fourth-order valence-electron chi connectivity index (χ4n) is 7.15. The zero-order valence-electron chi connectivity index (χ0n) is 23.1. The molecule has 0 aliphatic carbocycles. The molecule has 4 aliphatic rings. The highest BCUT2D eigenvalue weighted by Gasteiger charge is 2.75. The molecule has 11 nitrogen and oxygen atoms in total. The number of hydrogen-bond donors (Lipinski definition) is 1. The van der Waals surface area contributed by atoms with E-state index in [1.807, 2.05) is 69.3 Å². The number of hydrogen-bond acceptors (Lipinski definition) is 7. The van der Waals surface area contributed by atoms with Crippen molar-refractivity contribution in [3.63, 3.8) is 0 Å². The maximum absolute atomic E-state index is 14.5. The van der Waals surface area contributed by atoms with Crippen LogP contribution in [-0.4, -0.2) is 102 Å². The van der Waals surface area contributed by atoms with E-state index in [0.29, 0.717) is 19.5 Å². The first-order chi connectivity index (χ1) is 19.3. The number of amides is 3. The summed E-state index contributed by atoms with van der Waals surface area (Å²) in [5.74, 6) is -2.47. The van der Waals surface area contributed by atoms with Crippen LogP contribution in [0.5, 0.6) is 0 Å².